The van der Waals surface area contributed by atoms with Crippen LogP contribution < -0.4 is 15.4 Å². The summed E-state index contributed by atoms with van der Waals surface area (Å²) in [5, 5.41) is 5.72. The van der Waals surface area contributed by atoms with E-state index in [1.54, 1.807) is 54.5 Å². The second kappa shape index (κ2) is 11.9. The number of nitrogens with zero attached hydrogens (tertiary/aromatic N) is 1. The maximum atomic E-state index is 12.8. The first kappa shape index (κ1) is 24.1. The van der Waals surface area contributed by atoms with Gasteiger partial charge in [-0.25, -0.2) is 0 Å². The molecular weight excluding hydrogens is 498 g/mol. The lowest BCUT2D eigenvalue weighted by Gasteiger charge is -2.27. The first-order valence-electron chi connectivity index (χ1n) is 9.98. The van der Waals surface area contributed by atoms with Crippen molar-refractivity contribution < 1.29 is 23.8 Å². The molecular formula is C22H24BrN3O5S. The van der Waals surface area contributed by atoms with Crippen molar-refractivity contribution in [3.8, 4) is 5.75 Å². The molecule has 1 heterocycles. The number of halogens is 1. The Morgan fingerprint density at radius 2 is 1.94 bits per heavy atom. The number of morpholine rings is 1. The van der Waals surface area contributed by atoms with Crippen LogP contribution in [0.2, 0.25) is 0 Å². The van der Waals surface area contributed by atoms with Crippen LogP contribution in [0.25, 0.3) is 0 Å². The second-order valence-corrected chi connectivity index (χ2v) is 8.20. The fraction of sp³-hybridized carbons (Fsp3) is 0.318. The van der Waals surface area contributed by atoms with E-state index < -0.39 is 5.91 Å². The van der Waals surface area contributed by atoms with Crippen molar-refractivity contribution in [3.05, 3.63) is 58.1 Å². The average molecular weight is 522 g/mol. The normalized spacial score (nSPS) is 13.4. The Morgan fingerprint density at radius 3 is 2.69 bits per heavy atom. The van der Waals surface area contributed by atoms with Crippen molar-refractivity contribution in [1.29, 1.82) is 0 Å². The molecule has 1 fully saturated rings. The third-order valence-corrected chi connectivity index (χ3v) is 5.32. The minimum absolute atomic E-state index is 0.0705. The fourth-order valence-electron chi connectivity index (χ4n) is 3.05. The number of carbonyl (C=O) groups is 2. The SMILES string of the molecule is COCCOc1ccc(Br)cc1C(=O)NC(=S)Nc1cccc(C(=O)N2CCOCC2)c1. The number of anilines is 1. The molecule has 0 aromatic heterocycles. The number of rotatable bonds is 7. The highest BCUT2D eigenvalue weighted by molar-refractivity contribution is 9.10. The highest BCUT2D eigenvalue weighted by Crippen LogP contribution is 2.23. The zero-order valence-electron chi connectivity index (χ0n) is 17.6. The van der Waals surface area contributed by atoms with Crippen LogP contribution in [0.3, 0.4) is 0 Å². The molecule has 0 aliphatic carbocycles. The number of hydrogen-bond acceptors (Lipinski definition) is 6. The van der Waals surface area contributed by atoms with Crippen LogP contribution in [0, 0.1) is 0 Å². The minimum atomic E-state index is -0.420. The predicted octanol–water partition coefficient (Wildman–Crippen LogP) is 3.07. The number of amides is 2. The van der Waals surface area contributed by atoms with Crippen molar-refractivity contribution in [3.63, 3.8) is 0 Å². The Balaban J connectivity index is 1.64. The van der Waals surface area contributed by atoms with Gasteiger partial charge in [-0.05, 0) is 48.6 Å². The van der Waals surface area contributed by atoms with Gasteiger partial charge in [-0.2, -0.15) is 0 Å². The molecule has 2 amide bonds. The van der Waals surface area contributed by atoms with E-state index in [1.807, 2.05) is 0 Å². The molecule has 0 atom stereocenters. The molecule has 1 aliphatic rings. The van der Waals surface area contributed by atoms with Crippen molar-refractivity contribution in [2.24, 2.45) is 0 Å². The number of benzene rings is 2. The number of carbonyl (C=O) groups excluding carboxylic acids is 2. The van der Waals surface area contributed by atoms with Crippen LogP contribution in [0.4, 0.5) is 5.69 Å². The third-order valence-electron chi connectivity index (χ3n) is 4.62. The topological polar surface area (TPSA) is 89.1 Å². The summed E-state index contributed by atoms with van der Waals surface area (Å²) in [6.45, 7) is 2.90. The summed E-state index contributed by atoms with van der Waals surface area (Å²) in [7, 11) is 1.58. The molecule has 0 unspecified atom stereocenters. The third kappa shape index (κ3) is 6.73. The highest BCUT2D eigenvalue weighted by Gasteiger charge is 2.19. The number of hydrogen-bond donors (Lipinski definition) is 2. The number of thiocarbonyl (C=S) groups is 1. The molecule has 1 aliphatic heterocycles. The Hall–Kier alpha value is -2.53. The molecule has 2 aromatic carbocycles. The van der Waals surface area contributed by atoms with Gasteiger partial charge < -0.3 is 24.4 Å². The van der Waals surface area contributed by atoms with E-state index in [1.165, 1.54) is 0 Å². The van der Waals surface area contributed by atoms with Crippen LogP contribution in [0.1, 0.15) is 20.7 Å². The van der Waals surface area contributed by atoms with Crippen LogP contribution in [0.5, 0.6) is 5.75 Å². The van der Waals surface area contributed by atoms with E-state index in [4.69, 9.17) is 26.4 Å². The van der Waals surface area contributed by atoms with E-state index in [9.17, 15) is 9.59 Å². The molecule has 0 spiro atoms. The van der Waals surface area contributed by atoms with Crippen LogP contribution >= 0.6 is 28.1 Å². The summed E-state index contributed by atoms with van der Waals surface area (Å²) in [5.41, 5.74) is 1.46. The summed E-state index contributed by atoms with van der Waals surface area (Å²) >= 11 is 8.67. The van der Waals surface area contributed by atoms with Crippen LogP contribution in [-0.2, 0) is 9.47 Å². The number of ether oxygens (including phenoxy) is 3. The van der Waals surface area contributed by atoms with E-state index >= 15 is 0 Å². The monoisotopic (exact) mass is 521 g/mol. The Labute approximate surface area is 200 Å². The van der Waals surface area contributed by atoms with Crippen LogP contribution in [-0.4, -0.2) is 68.5 Å². The van der Waals surface area contributed by atoms with E-state index in [-0.39, 0.29) is 11.0 Å². The minimum Gasteiger partial charge on any atom is -0.490 e. The molecule has 2 aromatic rings. The zero-order valence-corrected chi connectivity index (χ0v) is 20.0. The van der Waals surface area contributed by atoms with E-state index in [2.05, 4.69) is 26.6 Å². The van der Waals surface area contributed by atoms with Crippen molar-refractivity contribution >= 4 is 50.8 Å². The van der Waals surface area contributed by atoms with Crippen LogP contribution in [0.15, 0.2) is 46.9 Å². The van der Waals surface area contributed by atoms with Gasteiger partial charge in [0.05, 0.1) is 25.4 Å². The maximum Gasteiger partial charge on any atom is 0.261 e. The van der Waals surface area contributed by atoms with Crippen molar-refractivity contribution in [1.82, 2.24) is 10.2 Å². The lowest BCUT2D eigenvalue weighted by atomic mass is 10.1. The predicted molar refractivity (Wildman–Crippen MR) is 128 cm³/mol. The van der Waals surface area contributed by atoms with Gasteiger partial charge in [0, 0.05) is 35.9 Å². The lowest BCUT2D eigenvalue weighted by molar-refractivity contribution is 0.0303. The van der Waals surface area contributed by atoms with Gasteiger partial charge in [0.2, 0.25) is 0 Å². The zero-order chi connectivity index (χ0) is 22.9. The van der Waals surface area contributed by atoms with Gasteiger partial charge in [0.1, 0.15) is 12.4 Å². The molecule has 0 bridgehead atoms. The molecule has 0 radical (unpaired) electrons. The van der Waals surface area contributed by atoms with Crippen molar-refractivity contribution in [2.45, 2.75) is 0 Å². The maximum absolute atomic E-state index is 12.8. The second-order valence-electron chi connectivity index (χ2n) is 6.88. The summed E-state index contributed by atoms with van der Waals surface area (Å²) < 4.78 is 16.6. The van der Waals surface area contributed by atoms with Gasteiger partial charge in [0.25, 0.3) is 11.8 Å². The van der Waals surface area contributed by atoms with Crippen molar-refractivity contribution in [2.75, 3.05) is 51.9 Å². The Kier molecular flexibility index (Phi) is 8.98. The molecule has 1 saturated heterocycles. The smallest absolute Gasteiger partial charge is 0.261 e. The van der Waals surface area contributed by atoms with Gasteiger partial charge >= 0.3 is 0 Å². The van der Waals surface area contributed by atoms with Gasteiger partial charge in [-0.3, -0.25) is 14.9 Å². The number of nitrogens with one attached hydrogen (secondary N) is 2. The molecule has 2 N–H and O–H groups in total. The molecule has 8 nitrogen and oxygen atoms in total. The Morgan fingerprint density at radius 1 is 1.16 bits per heavy atom. The molecule has 32 heavy (non-hydrogen) atoms. The average Bonchev–Trinajstić information content (AvgIpc) is 2.80. The standard InChI is InChI=1S/C22H24BrN3O5S/c1-29-11-12-31-19-6-5-16(23)14-18(19)20(27)25-22(32)24-17-4-2-3-15(13-17)21(28)26-7-9-30-10-8-26/h2-6,13-14H,7-12H2,1H3,(H2,24,25,27,32). The van der Waals surface area contributed by atoms with Gasteiger partial charge in [-0.15, -0.1) is 0 Å². The summed E-state index contributed by atoms with van der Waals surface area (Å²) in [4.78, 5) is 27.2. The first-order chi connectivity index (χ1) is 15.5. The molecule has 170 valence electrons. The first-order valence-corrected chi connectivity index (χ1v) is 11.2. The van der Waals surface area contributed by atoms with Gasteiger partial charge in [-0.1, -0.05) is 22.0 Å². The lowest BCUT2D eigenvalue weighted by Crippen LogP contribution is -2.40. The molecule has 3 rings (SSSR count). The largest absolute Gasteiger partial charge is 0.490 e. The quantitative estimate of drug-likeness (QED) is 0.427. The highest BCUT2D eigenvalue weighted by atomic mass is 79.9. The summed E-state index contributed by atoms with van der Waals surface area (Å²) in [6.07, 6.45) is 0. The van der Waals surface area contributed by atoms with E-state index in [0.717, 1.165) is 4.47 Å². The Bertz CT molecular complexity index is 982. The summed E-state index contributed by atoms with van der Waals surface area (Å²) in [5.74, 6) is -0.0701. The summed E-state index contributed by atoms with van der Waals surface area (Å²) in [6, 6.07) is 12.1. The van der Waals surface area contributed by atoms with Gasteiger partial charge in [0.15, 0.2) is 5.11 Å². The number of methoxy groups -OCH3 is 1. The van der Waals surface area contributed by atoms with E-state index in [0.29, 0.717) is 62.1 Å². The molecule has 0 saturated carbocycles. The molecule has 10 heteroatoms. The fourth-order valence-corrected chi connectivity index (χ4v) is 3.62.